The van der Waals surface area contributed by atoms with Crippen molar-refractivity contribution in [1.29, 1.82) is 0 Å². The molecule has 0 spiro atoms. The molecule has 2 heterocycles. The number of H-pyrrole nitrogens is 1. The van der Waals surface area contributed by atoms with E-state index in [1.807, 2.05) is 71.5 Å². The molecule has 7 nitrogen and oxygen atoms in total. The van der Waals surface area contributed by atoms with Gasteiger partial charge in [0.2, 0.25) is 5.91 Å². The van der Waals surface area contributed by atoms with Gasteiger partial charge in [-0.15, -0.1) is 0 Å². The summed E-state index contributed by atoms with van der Waals surface area (Å²) in [5.41, 5.74) is 3.75. The number of carbonyl (C=O) groups is 1. The van der Waals surface area contributed by atoms with Gasteiger partial charge < -0.3 is 5.32 Å². The molecule has 2 aromatic heterocycles. The number of aromatic amines is 1. The summed E-state index contributed by atoms with van der Waals surface area (Å²) in [6.07, 6.45) is 3.66. The number of aromatic nitrogens is 5. The minimum Gasteiger partial charge on any atom is -0.350 e. The molecule has 0 aliphatic rings. The Morgan fingerprint density at radius 2 is 1.81 bits per heavy atom. The first-order valence-corrected chi connectivity index (χ1v) is 10.7. The molecule has 2 aromatic carbocycles. The van der Waals surface area contributed by atoms with E-state index in [1.165, 1.54) is 0 Å². The molecule has 0 aliphatic heterocycles. The quantitative estimate of drug-likeness (QED) is 0.412. The molecule has 2 N–H and O–H groups in total. The van der Waals surface area contributed by atoms with Gasteiger partial charge in [-0.05, 0) is 30.8 Å². The molecule has 0 fully saturated rings. The molecular formula is C23H24N6OS. The first kappa shape index (κ1) is 20.7. The standard InChI is InChI=1S/C23H24N6OS/c1-2-9-20-25-26-23(31)28(20)16-21(30)24-14-18-15-29(19-12-7-4-8-13-19)27-22(18)17-10-5-3-6-11-17/h3-8,10-13,15H,2,9,14,16H2,1H3,(H,24,30)(H,26,31). The summed E-state index contributed by atoms with van der Waals surface area (Å²) in [7, 11) is 0. The Balaban J connectivity index is 1.55. The van der Waals surface area contributed by atoms with Crippen LogP contribution in [0.4, 0.5) is 0 Å². The molecule has 0 unspecified atom stereocenters. The van der Waals surface area contributed by atoms with Gasteiger partial charge in [0, 0.05) is 30.3 Å². The Bertz CT molecular complexity index is 1210. The highest BCUT2D eigenvalue weighted by Gasteiger charge is 2.14. The molecule has 158 valence electrons. The third kappa shape index (κ3) is 4.80. The van der Waals surface area contributed by atoms with Crippen molar-refractivity contribution < 1.29 is 4.79 Å². The first-order chi connectivity index (χ1) is 15.2. The number of para-hydroxylation sites is 1. The molecular weight excluding hydrogens is 408 g/mol. The number of benzene rings is 2. The number of hydrogen-bond donors (Lipinski definition) is 2. The van der Waals surface area contributed by atoms with Crippen LogP contribution in [0.25, 0.3) is 16.9 Å². The second-order valence-corrected chi connectivity index (χ2v) is 7.59. The Kier molecular flexibility index (Phi) is 6.37. The van der Waals surface area contributed by atoms with E-state index in [2.05, 4.69) is 22.4 Å². The van der Waals surface area contributed by atoms with Gasteiger partial charge in [-0.3, -0.25) is 14.5 Å². The second kappa shape index (κ2) is 9.53. The molecule has 0 aliphatic carbocycles. The summed E-state index contributed by atoms with van der Waals surface area (Å²) >= 11 is 5.28. The third-order valence-electron chi connectivity index (χ3n) is 4.95. The third-order valence-corrected chi connectivity index (χ3v) is 5.26. The minimum absolute atomic E-state index is 0.124. The Labute approximate surface area is 185 Å². The van der Waals surface area contributed by atoms with Crippen LogP contribution >= 0.6 is 12.2 Å². The van der Waals surface area contributed by atoms with Crippen molar-refractivity contribution >= 4 is 18.1 Å². The van der Waals surface area contributed by atoms with Gasteiger partial charge in [-0.1, -0.05) is 55.5 Å². The summed E-state index contributed by atoms with van der Waals surface area (Å²) in [6, 6.07) is 19.9. The van der Waals surface area contributed by atoms with Gasteiger partial charge >= 0.3 is 0 Å². The summed E-state index contributed by atoms with van der Waals surface area (Å²) < 4.78 is 4.05. The highest BCUT2D eigenvalue weighted by molar-refractivity contribution is 7.71. The molecule has 0 saturated carbocycles. The average Bonchev–Trinajstić information content (AvgIpc) is 3.38. The van der Waals surface area contributed by atoms with Crippen LogP contribution in [0.3, 0.4) is 0 Å². The van der Waals surface area contributed by atoms with E-state index in [0.717, 1.165) is 41.2 Å². The number of hydrogen-bond acceptors (Lipinski definition) is 4. The van der Waals surface area contributed by atoms with Crippen molar-refractivity contribution in [3.8, 4) is 16.9 Å². The lowest BCUT2D eigenvalue weighted by Crippen LogP contribution is -2.28. The highest BCUT2D eigenvalue weighted by Crippen LogP contribution is 2.23. The summed E-state index contributed by atoms with van der Waals surface area (Å²) in [5.74, 6) is 0.672. The van der Waals surface area contributed by atoms with Gasteiger partial charge in [0.25, 0.3) is 0 Å². The topological polar surface area (TPSA) is 80.5 Å². The molecule has 0 bridgehead atoms. The molecule has 0 radical (unpaired) electrons. The zero-order valence-corrected chi connectivity index (χ0v) is 18.1. The van der Waals surface area contributed by atoms with Crippen molar-refractivity contribution in [2.45, 2.75) is 32.9 Å². The smallest absolute Gasteiger partial charge is 0.240 e. The predicted molar refractivity (Wildman–Crippen MR) is 122 cm³/mol. The van der Waals surface area contributed by atoms with Crippen LogP contribution < -0.4 is 5.32 Å². The SMILES string of the molecule is CCCc1n[nH]c(=S)n1CC(=O)NCc1cn(-c2ccccc2)nc1-c1ccccc1. The van der Waals surface area contributed by atoms with Gasteiger partial charge in [0.05, 0.1) is 11.4 Å². The van der Waals surface area contributed by atoms with Crippen LogP contribution in [0.2, 0.25) is 0 Å². The van der Waals surface area contributed by atoms with Crippen molar-refractivity contribution in [2.75, 3.05) is 0 Å². The molecule has 0 saturated heterocycles. The zero-order chi connectivity index (χ0) is 21.6. The Hall–Kier alpha value is -3.52. The number of nitrogens with one attached hydrogen (secondary N) is 2. The van der Waals surface area contributed by atoms with Crippen LogP contribution in [0.1, 0.15) is 24.7 Å². The monoisotopic (exact) mass is 432 g/mol. The molecule has 8 heteroatoms. The number of amides is 1. The molecule has 4 rings (SSSR count). The van der Waals surface area contributed by atoms with Gasteiger partial charge in [-0.25, -0.2) is 4.68 Å². The maximum atomic E-state index is 12.7. The highest BCUT2D eigenvalue weighted by atomic mass is 32.1. The van der Waals surface area contributed by atoms with Crippen LogP contribution in [0.15, 0.2) is 66.9 Å². The number of carbonyl (C=O) groups excluding carboxylic acids is 1. The first-order valence-electron chi connectivity index (χ1n) is 10.3. The predicted octanol–water partition coefficient (Wildman–Crippen LogP) is 4.06. The van der Waals surface area contributed by atoms with E-state index in [-0.39, 0.29) is 12.5 Å². The van der Waals surface area contributed by atoms with Crippen molar-refractivity contribution in [2.24, 2.45) is 0 Å². The molecule has 31 heavy (non-hydrogen) atoms. The van der Waals surface area contributed by atoms with Crippen molar-refractivity contribution in [3.63, 3.8) is 0 Å². The largest absolute Gasteiger partial charge is 0.350 e. The minimum atomic E-state index is -0.124. The molecule has 4 aromatic rings. The van der Waals surface area contributed by atoms with E-state index in [4.69, 9.17) is 17.3 Å². The lowest BCUT2D eigenvalue weighted by atomic mass is 10.1. The lowest BCUT2D eigenvalue weighted by molar-refractivity contribution is -0.121. The molecule has 0 atom stereocenters. The van der Waals surface area contributed by atoms with E-state index < -0.39 is 0 Å². The maximum absolute atomic E-state index is 12.7. The fraction of sp³-hybridized carbons (Fsp3) is 0.217. The lowest BCUT2D eigenvalue weighted by Gasteiger charge is -2.08. The zero-order valence-electron chi connectivity index (χ0n) is 17.3. The number of aryl methyl sites for hydroxylation is 1. The van der Waals surface area contributed by atoms with Crippen molar-refractivity contribution in [1.82, 2.24) is 29.9 Å². The average molecular weight is 433 g/mol. The van der Waals surface area contributed by atoms with Gasteiger partial charge in [0.15, 0.2) is 4.77 Å². The van der Waals surface area contributed by atoms with Gasteiger partial charge in [-0.2, -0.15) is 10.2 Å². The number of nitrogens with zero attached hydrogens (tertiary/aromatic N) is 4. The fourth-order valence-electron chi connectivity index (χ4n) is 3.41. The van der Waals surface area contributed by atoms with Gasteiger partial charge in [0.1, 0.15) is 12.4 Å². The van der Waals surface area contributed by atoms with Crippen LogP contribution in [0, 0.1) is 4.77 Å². The van der Waals surface area contributed by atoms with E-state index in [9.17, 15) is 4.79 Å². The summed E-state index contributed by atoms with van der Waals surface area (Å²) in [4.78, 5) is 12.7. The Morgan fingerprint density at radius 3 is 2.52 bits per heavy atom. The van der Waals surface area contributed by atoms with Crippen LogP contribution in [0.5, 0.6) is 0 Å². The van der Waals surface area contributed by atoms with Crippen molar-refractivity contribution in [3.05, 3.63) is 83.0 Å². The number of rotatable bonds is 8. The maximum Gasteiger partial charge on any atom is 0.240 e. The van der Waals surface area contributed by atoms with Crippen LogP contribution in [-0.4, -0.2) is 30.5 Å². The van der Waals surface area contributed by atoms with E-state index >= 15 is 0 Å². The summed E-state index contributed by atoms with van der Waals surface area (Å²) in [5, 5.41) is 14.8. The Morgan fingerprint density at radius 1 is 1.10 bits per heavy atom. The van der Waals surface area contributed by atoms with E-state index in [0.29, 0.717) is 11.3 Å². The fourth-order valence-corrected chi connectivity index (χ4v) is 3.63. The second-order valence-electron chi connectivity index (χ2n) is 7.21. The molecule has 1 amide bonds. The normalized spacial score (nSPS) is 10.9. The summed E-state index contributed by atoms with van der Waals surface area (Å²) in [6.45, 7) is 2.57. The van der Waals surface area contributed by atoms with E-state index in [1.54, 1.807) is 4.57 Å². The van der Waals surface area contributed by atoms with Crippen LogP contribution in [-0.2, 0) is 24.3 Å².